The molecule has 1 amide bonds. The summed E-state index contributed by atoms with van der Waals surface area (Å²) in [6.45, 7) is 2.94. The Balaban J connectivity index is 1.77. The van der Waals surface area contributed by atoms with Gasteiger partial charge in [0.2, 0.25) is 0 Å². The monoisotopic (exact) mass is 322 g/mol. The number of hydrogen-bond acceptors (Lipinski definition) is 3. The Bertz CT molecular complexity index is 865. The smallest absolute Gasteiger partial charge is 0.256 e. The normalized spacial score (nSPS) is 17.3. The highest BCUT2D eigenvalue weighted by atomic mass is 32.1. The van der Waals surface area contributed by atoms with Crippen LogP contribution in [0.25, 0.3) is 10.9 Å². The molecule has 1 atom stereocenters. The van der Waals surface area contributed by atoms with Crippen LogP contribution in [0.3, 0.4) is 0 Å². The molecule has 0 fully saturated rings. The van der Waals surface area contributed by atoms with E-state index in [2.05, 4.69) is 23.4 Å². The summed E-state index contributed by atoms with van der Waals surface area (Å²) in [7, 11) is 0. The lowest BCUT2D eigenvalue weighted by atomic mass is 9.96. The zero-order valence-corrected chi connectivity index (χ0v) is 13.8. The Labute approximate surface area is 139 Å². The van der Waals surface area contributed by atoms with E-state index in [4.69, 9.17) is 0 Å². The maximum absolute atomic E-state index is 13.2. The van der Waals surface area contributed by atoms with E-state index in [-0.39, 0.29) is 11.9 Å². The van der Waals surface area contributed by atoms with Crippen molar-refractivity contribution in [3.63, 3.8) is 0 Å². The van der Waals surface area contributed by atoms with Gasteiger partial charge in [0.1, 0.15) is 0 Å². The Morgan fingerprint density at radius 2 is 2.17 bits per heavy atom. The largest absolute Gasteiger partial charge is 0.331 e. The maximum Gasteiger partial charge on any atom is 0.256 e. The van der Waals surface area contributed by atoms with Gasteiger partial charge in [-0.25, -0.2) is 0 Å². The number of aromatic nitrogens is 1. The van der Waals surface area contributed by atoms with Gasteiger partial charge in [-0.05, 0) is 42.0 Å². The average Bonchev–Trinajstić information content (AvgIpc) is 3.08. The number of amides is 1. The van der Waals surface area contributed by atoms with Gasteiger partial charge in [0.25, 0.3) is 5.91 Å². The fourth-order valence-corrected chi connectivity index (χ4v) is 4.44. The molecule has 0 saturated heterocycles. The molecule has 0 saturated carbocycles. The summed E-state index contributed by atoms with van der Waals surface area (Å²) in [6, 6.07) is 12.1. The van der Waals surface area contributed by atoms with Crippen molar-refractivity contribution in [2.24, 2.45) is 0 Å². The van der Waals surface area contributed by atoms with E-state index >= 15 is 0 Å². The lowest BCUT2D eigenvalue weighted by Crippen LogP contribution is -2.39. The minimum Gasteiger partial charge on any atom is -0.331 e. The van der Waals surface area contributed by atoms with Gasteiger partial charge in [-0.1, -0.05) is 25.1 Å². The van der Waals surface area contributed by atoms with Crippen molar-refractivity contribution in [2.75, 3.05) is 6.54 Å². The van der Waals surface area contributed by atoms with Crippen LogP contribution in [0.4, 0.5) is 0 Å². The van der Waals surface area contributed by atoms with Crippen LogP contribution in [0.1, 0.15) is 40.2 Å². The number of thiophene rings is 1. The summed E-state index contributed by atoms with van der Waals surface area (Å²) in [5.74, 6) is 0.0954. The Morgan fingerprint density at radius 3 is 3.04 bits per heavy atom. The molecule has 0 radical (unpaired) electrons. The third-order valence-corrected chi connectivity index (χ3v) is 5.60. The number of fused-ring (bicyclic) bond motifs is 2. The number of para-hydroxylation sites is 1. The Kier molecular flexibility index (Phi) is 3.62. The van der Waals surface area contributed by atoms with Gasteiger partial charge in [-0.3, -0.25) is 9.78 Å². The summed E-state index contributed by atoms with van der Waals surface area (Å²) in [5, 5.41) is 3.15. The van der Waals surface area contributed by atoms with Crippen LogP contribution in [0.2, 0.25) is 0 Å². The van der Waals surface area contributed by atoms with E-state index in [1.165, 1.54) is 10.4 Å². The first-order valence-electron chi connectivity index (χ1n) is 8.00. The van der Waals surface area contributed by atoms with Crippen LogP contribution >= 0.6 is 11.3 Å². The molecule has 0 bridgehead atoms. The number of hydrogen-bond donors (Lipinski definition) is 0. The molecule has 0 spiro atoms. The lowest BCUT2D eigenvalue weighted by Gasteiger charge is -2.35. The zero-order chi connectivity index (χ0) is 15.8. The van der Waals surface area contributed by atoms with Gasteiger partial charge in [0, 0.05) is 23.0 Å². The van der Waals surface area contributed by atoms with Crippen molar-refractivity contribution in [3.05, 3.63) is 64.0 Å². The van der Waals surface area contributed by atoms with E-state index in [0.29, 0.717) is 5.56 Å². The predicted octanol–water partition coefficient (Wildman–Crippen LogP) is 4.45. The van der Waals surface area contributed by atoms with Crippen LogP contribution in [-0.4, -0.2) is 22.3 Å². The number of rotatable bonds is 2. The standard InChI is InChI=1S/C19H18N2OS/c1-2-16-14-9-12-23-17(14)8-11-21(16)19(22)15-7-3-5-13-6-4-10-20-18(13)15/h3-7,9-10,12,16H,2,8,11H2,1H3. The topological polar surface area (TPSA) is 33.2 Å². The quantitative estimate of drug-likeness (QED) is 0.698. The highest BCUT2D eigenvalue weighted by Crippen LogP contribution is 2.36. The Hall–Kier alpha value is -2.20. The highest BCUT2D eigenvalue weighted by molar-refractivity contribution is 7.10. The number of benzene rings is 1. The van der Waals surface area contributed by atoms with E-state index in [0.717, 1.165) is 30.3 Å². The average molecular weight is 322 g/mol. The predicted molar refractivity (Wildman–Crippen MR) is 93.8 cm³/mol. The highest BCUT2D eigenvalue weighted by Gasteiger charge is 2.31. The fraction of sp³-hybridized carbons (Fsp3) is 0.263. The molecule has 2 aromatic heterocycles. The van der Waals surface area contributed by atoms with Crippen LogP contribution in [-0.2, 0) is 6.42 Å². The summed E-state index contributed by atoms with van der Waals surface area (Å²) in [6.07, 6.45) is 3.64. The van der Waals surface area contributed by atoms with E-state index in [1.807, 2.05) is 35.2 Å². The van der Waals surface area contributed by atoms with E-state index < -0.39 is 0 Å². The molecule has 3 heterocycles. The molecule has 3 nitrogen and oxygen atoms in total. The molecule has 4 heteroatoms. The molecule has 0 N–H and O–H groups in total. The second-order valence-electron chi connectivity index (χ2n) is 5.85. The van der Waals surface area contributed by atoms with Gasteiger partial charge in [0.05, 0.1) is 17.1 Å². The van der Waals surface area contributed by atoms with E-state index in [1.54, 1.807) is 17.5 Å². The second kappa shape index (κ2) is 5.78. The van der Waals surface area contributed by atoms with Crippen molar-refractivity contribution in [2.45, 2.75) is 25.8 Å². The van der Waals surface area contributed by atoms with Crippen molar-refractivity contribution in [3.8, 4) is 0 Å². The van der Waals surface area contributed by atoms with Crippen molar-refractivity contribution in [1.29, 1.82) is 0 Å². The number of nitrogens with zero attached hydrogens (tertiary/aromatic N) is 2. The third kappa shape index (κ3) is 2.34. The van der Waals surface area contributed by atoms with Crippen LogP contribution in [0.15, 0.2) is 48.0 Å². The summed E-state index contributed by atoms with van der Waals surface area (Å²) >= 11 is 1.81. The van der Waals surface area contributed by atoms with Crippen molar-refractivity contribution in [1.82, 2.24) is 9.88 Å². The van der Waals surface area contributed by atoms with Gasteiger partial charge in [-0.2, -0.15) is 0 Å². The molecular weight excluding hydrogens is 304 g/mol. The van der Waals surface area contributed by atoms with Crippen LogP contribution < -0.4 is 0 Å². The zero-order valence-electron chi connectivity index (χ0n) is 13.0. The van der Waals surface area contributed by atoms with Gasteiger partial charge < -0.3 is 4.90 Å². The van der Waals surface area contributed by atoms with Crippen LogP contribution in [0, 0.1) is 0 Å². The fourth-order valence-electron chi connectivity index (χ4n) is 3.51. The number of pyridine rings is 1. The molecule has 1 aliphatic rings. The first kappa shape index (κ1) is 14.4. The van der Waals surface area contributed by atoms with Gasteiger partial charge in [0.15, 0.2) is 0 Å². The van der Waals surface area contributed by atoms with Gasteiger partial charge >= 0.3 is 0 Å². The third-order valence-electron chi connectivity index (χ3n) is 4.61. The minimum atomic E-state index is 0.0954. The minimum absolute atomic E-state index is 0.0954. The number of carbonyl (C=O) groups excluding carboxylic acids is 1. The number of carbonyl (C=O) groups is 1. The molecule has 0 aliphatic carbocycles. The van der Waals surface area contributed by atoms with Crippen LogP contribution in [0.5, 0.6) is 0 Å². The van der Waals surface area contributed by atoms with E-state index in [9.17, 15) is 4.79 Å². The molecule has 4 rings (SSSR count). The molecule has 116 valence electrons. The SMILES string of the molecule is CCC1c2ccsc2CCN1C(=O)c1cccc2cccnc12. The first-order valence-corrected chi connectivity index (χ1v) is 8.88. The molecule has 3 aromatic rings. The summed E-state index contributed by atoms with van der Waals surface area (Å²) < 4.78 is 0. The first-order chi connectivity index (χ1) is 11.3. The maximum atomic E-state index is 13.2. The summed E-state index contributed by atoms with van der Waals surface area (Å²) in [5.41, 5.74) is 2.83. The van der Waals surface area contributed by atoms with Gasteiger partial charge in [-0.15, -0.1) is 11.3 Å². The molecule has 1 aliphatic heterocycles. The van der Waals surface area contributed by atoms with Crippen molar-refractivity contribution >= 4 is 28.1 Å². The molecule has 23 heavy (non-hydrogen) atoms. The summed E-state index contributed by atoms with van der Waals surface area (Å²) in [4.78, 5) is 21.1. The lowest BCUT2D eigenvalue weighted by molar-refractivity contribution is 0.0659. The molecule has 1 aromatic carbocycles. The Morgan fingerprint density at radius 1 is 1.30 bits per heavy atom. The second-order valence-corrected chi connectivity index (χ2v) is 6.85. The van der Waals surface area contributed by atoms with Crippen molar-refractivity contribution < 1.29 is 4.79 Å². The molecular formula is C19H18N2OS. The molecule has 1 unspecified atom stereocenters.